The lowest BCUT2D eigenvalue weighted by atomic mass is 9.93. The molecular formula is C20H22. The average Bonchev–Trinajstić information content (AvgIpc) is 2.86. The van der Waals surface area contributed by atoms with Crippen molar-refractivity contribution in [2.45, 2.75) is 39.0 Å². The first-order valence-corrected chi connectivity index (χ1v) is 7.69. The second-order valence-corrected chi connectivity index (χ2v) is 5.73. The molecule has 2 aromatic rings. The van der Waals surface area contributed by atoms with Gasteiger partial charge < -0.3 is 0 Å². The van der Waals surface area contributed by atoms with Crippen molar-refractivity contribution < 1.29 is 0 Å². The zero-order chi connectivity index (χ0) is 13.9. The van der Waals surface area contributed by atoms with Gasteiger partial charge in [-0.3, -0.25) is 0 Å². The van der Waals surface area contributed by atoms with Gasteiger partial charge in [-0.2, -0.15) is 0 Å². The molecule has 0 bridgehead atoms. The Hall–Kier alpha value is -1.82. The van der Waals surface area contributed by atoms with Crippen LogP contribution >= 0.6 is 0 Å². The maximum Gasteiger partial charge on any atom is -0.000741 e. The molecule has 3 rings (SSSR count). The highest BCUT2D eigenvalue weighted by Gasteiger charge is 2.20. The molecule has 0 unspecified atom stereocenters. The maximum atomic E-state index is 4.34. The number of allylic oxidation sites excluding steroid dienone is 1. The minimum atomic E-state index is 1.06. The zero-order valence-electron chi connectivity index (χ0n) is 12.3. The summed E-state index contributed by atoms with van der Waals surface area (Å²) in [7, 11) is 0. The summed E-state index contributed by atoms with van der Waals surface area (Å²) in [4.78, 5) is 0. The molecule has 0 fully saturated rings. The minimum Gasteiger partial charge on any atom is -0.0952 e. The standard InChI is InChI=1S/C20H22/c1-3-4-5-9-15(2)17-12-8-13-19-18-11-7-6-10-16(18)14-20(17)19/h6-8,10-13H,2-5,9,14H2,1H3. The summed E-state index contributed by atoms with van der Waals surface area (Å²) in [5, 5.41) is 0. The van der Waals surface area contributed by atoms with Gasteiger partial charge in [-0.05, 0) is 52.7 Å². The van der Waals surface area contributed by atoms with Crippen LogP contribution in [0.4, 0.5) is 0 Å². The molecule has 1 aliphatic rings. The highest BCUT2D eigenvalue weighted by Crippen LogP contribution is 2.40. The lowest BCUT2D eigenvalue weighted by Crippen LogP contribution is -1.92. The Balaban J connectivity index is 1.91. The van der Waals surface area contributed by atoms with Crippen molar-refractivity contribution in [3.05, 3.63) is 65.7 Å². The molecule has 0 radical (unpaired) electrons. The van der Waals surface area contributed by atoms with Gasteiger partial charge >= 0.3 is 0 Å². The van der Waals surface area contributed by atoms with Gasteiger partial charge in [-0.1, -0.05) is 68.8 Å². The fourth-order valence-corrected chi connectivity index (χ4v) is 3.21. The van der Waals surface area contributed by atoms with Gasteiger partial charge in [-0.25, -0.2) is 0 Å². The summed E-state index contributed by atoms with van der Waals surface area (Å²) >= 11 is 0. The number of unbranched alkanes of at least 4 members (excludes halogenated alkanes) is 2. The van der Waals surface area contributed by atoms with Crippen molar-refractivity contribution in [2.24, 2.45) is 0 Å². The Morgan fingerprint density at radius 3 is 2.65 bits per heavy atom. The van der Waals surface area contributed by atoms with Crippen LogP contribution in [-0.4, -0.2) is 0 Å². The van der Waals surface area contributed by atoms with Crippen LogP contribution < -0.4 is 0 Å². The molecule has 0 amide bonds. The smallest absolute Gasteiger partial charge is 0.000741 e. The van der Waals surface area contributed by atoms with Crippen molar-refractivity contribution in [3.63, 3.8) is 0 Å². The van der Waals surface area contributed by atoms with Crippen LogP contribution in [0.3, 0.4) is 0 Å². The maximum absolute atomic E-state index is 4.34. The molecule has 0 aliphatic heterocycles. The van der Waals surface area contributed by atoms with E-state index in [0.717, 1.165) is 12.8 Å². The molecule has 0 heteroatoms. The van der Waals surface area contributed by atoms with Crippen LogP contribution in [-0.2, 0) is 6.42 Å². The van der Waals surface area contributed by atoms with Gasteiger partial charge in [0.05, 0.1) is 0 Å². The van der Waals surface area contributed by atoms with Crippen LogP contribution in [0.25, 0.3) is 16.7 Å². The molecule has 20 heavy (non-hydrogen) atoms. The molecule has 102 valence electrons. The van der Waals surface area contributed by atoms with E-state index in [-0.39, 0.29) is 0 Å². The van der Waals surface area contributed by atoms with Crippen molar-refractivity contribution in [1.29, 1.82) is 0 Å². The molecule has 0 heterocycles. The first-order valence-electron chi connectivity index (χ1n) is 7.69. The third-order valence-corrected chi connectivity index (χ3v) is 4.31. The number of benzene rings is 2. The summed E-state index contributed by atoms with van der Waals surface area (Å²) < 4.78 is 0. The third kappa shape index (κ3) is 2.31. The van der Waals surface area contributed by atoms with Gasteiger partial charge in [0.1, 0.15) is 0 Å². The van der Waals surface area contributed by atoms with E-state index in [2.05, 4.69) is 56.0 Å². The summed E-state index contributed by atoms with van der Waals surface area (Å²) in [6.45, 7) is 6.59. The average molecular weight is 262 g/mol. The van der Waals surface area contributed by atoms with Crippen LogP contribution in [0.1, 0.15) is 49.3 Å². The minimum absolute atomic E-state index is 1.06. The first kappa shape index (κ1) is 13.2. The first-order chi connectivity index (χ1) is 9.81. The van der Waals surface area contributed by atoms with Crippen LogP contribution in [0.15, 0.2) is 49.0 Å². The summed E-state index contributed by atoms with van der Waals surface area (Å²) in [6, 6.07) is 15.4. The van der Waals surface area contributed by atoms with Crippen LogP contribution in [0.5, 0.6) is 0 Å². The van der Waals surface area contributed by atoms with Crippen LogP contribution in [0.2, 0.25) is 0 Å². The van der Waals surface area contributed by atoms with E-state index < -0.39 is 0 Å². The zero-order valence-corrected chi connectivity index (χ0v) is 12.3. The number of hydrogen-bond donors (Lipinski definition) is 0. The predicted octanol–water partition coefficient (Wildman–Crippen LogP) is 5.85. The molecule has 0 atom stereocenters. The molecule has 0 spiro atoms. The molecule has 0 saturated carbocycles. The molecule has 2 aromatic carbocycles. The quantitative estimate of drug-likeness (QED) is 0.506. The summed E-state index contributed by atoms with van der Waals surface area (Å²) in [5.74, 6) is 0. The second kappa shape index (κ2) is 5.66. The third-order valence-electron chi connectivity index (χ3n) is 4.31. The Labute approximate surface area is 122 Å². The molecule has 0 saturated heterocycles. The fraction of sp³-hybridized carbons (Fsp3) is 0.300. The highest BCUT2D eigenvalue weighted by molar-refractivity contribution is 5.82. The van der Waals surface area contributed by atoms with Gasteiger partial charge in [0.2, 0.25) is 0 Å². The SMILES string of the molecule is C=C(CCCCC)c1cccc2c1Cc1ccccc1-2. The predicted molar refractivity (Wildman–Crippen MR) is 87.9 cm³/mol. The van der Waals surface area contributed by atoms with E-state index in [1.54, 1.807) is 0 Å². The number of hydrogen-bond acceptors (Lipinski definition) is 0. The van der Waals surface area contributed by atoms with Gasteiger partial charge in [0.25, 0.3) is 0 Å². The van der Waals surface area contributed by atoms with Gasteiger partial charge in [0.15, 0.2) is 0 Å². The molecule has 0 N–H and O–H groups in total. The van der Waals surface area contributed by atoms with Gasteiger partial charge in [-0.15, -0.1) is 0 Å². The number of fused-ring (bicyclic) bond motifs is 3. The molecule has 0 aromatic heterocycles. The number of rotatable bonds is 5. The summed E-state index contributed by atoms with van der Waals surface area (Å²) in [5.41, 5.74) is 8.45. The Kier molecular flexibility index (Phi) is 3.73. The molecule has 1 aliphatic carbocycles. The topological polar surface area (TPSA) is 0 Å². The van der Waals surface area contributed by atoms with E-state index in [1.807, 2.05) is 0 Å². The van der Waals surface area contributed by atoms with Crippen molar-refractivity contribution >= 4 is 5.57 Å². The van der Waals surface area contributed by atoms with Gasteiger partial charge in [0, 0.05) is 0 Å². The molecule has 0 nitrogen and oxygen atoms in total. The Morgan fingerprint density at radius 1 is 1.00 bits per heavy atom. The largest absolute Gasteiger partial charge is 0.0952 e. The lowest BCUT2D eigenvalue weighted by molar-refractivity contribution is 0.735. The van der Waals surface area contributed by atoms with E-state index in [1.165, 1.54) is 52.7 Å². The highest BCUT2D eigenvalue weighted by atomic mass is 14.2. The normalized spacial score (nSPS) is 12.1. The summed E-state index contributed by atoms with van der Waals surface area (Å²) in [6.07, 6.45) is 6.01. The van der Waals surface area contributed by atoms with Crippen molar-refractivity contribution in [1.82, 2.24) is 0 Å². The van der Waals surface area contributed by atoms with E-state index in [4.69, 9.17) is 0 Å². The molecular weight excluding hydrogens is 240 g/mol. The Bertz CT molecular complexity index is 634. The lowest BCUT2D eigenvalue weighted by Gasteiger charge is -2.11. The second-order valence-electron chi connectivity index (χ2n) is 5.73. The fourth-order valence-electron chi connectivity index (χ4n) is 3.21. The van der Waals surface area contributed by atoms with E-state index in [0.29, 0.717) is 0 Å². The van der Waals surface area contributed by atoms with E-state index in [9.17, 15) is 0 Å². The van der Waals surface area contributed by atoms with Crippen LogP contribution in [0, 0.1) is 0 Å². The van der Waals surface area contributed by atoms with Crippen molar-refractivity contribution in [2.75, 3.05) is 0 Å². The van der Waals surface area contributed by atoms with E-state index >= 15 is 0 Å². The van der Waals surface area contributed by atoms with Crippen molar-refractivity contribution in [3.8, 4) is 11.1 Å². The monoisotopic (exact) mass is 262 g/mol. The Morgan fingerprint density at radius 2 is 1.80 bits per heavy atom.